The average molecular weight is 402 g/mol. The van der Waals surface area contributed by atoms with Crippen LogP contribution in [0.3, 0.4) is 0 Å². The fourth-order valence-corrected chi connectivity index (χ4v) is 3.56. The van der Waals surface area contributed by atoms with E-state index in [4.69, 9.17) is 23.2 Å². The SMILES string of the molecule is Cc1cnc(-c2nc3c(c(=O)[nH]2)CCN(Cc2cccc(Cl)c2Cl)C3)cn1. The van der Waals surface area contributed by atoms with E-state index in [9.17, 15) is 4.79 Å². The predicted molar refractivity (Wildman–Crippen MR) is 105 cm³/mol. The number of fused-ring (bicyclic) bond motifs is 1. The van der Waals surface area contributed by atoms with E-state index in [1.807, 2.05) is 19.1 Å². The molecule has 27 heavy (non-hydrogen) atoms. The smallest absolute Gasteiger partial charge is 0.254 e. The van der Waals surface area contributed by atoms with Crippen LogP contribution in [0.15, 0.2) is 35.4 Å². The fraction of sp³-hybridized carbons (Fsp3) is 0.263. The van der Waals surface area contributed by atoms with E-state index < -0.39 is 0 Å². The lowest BCUT2D eigenvalue weighted by Gasteiger charge is -2.28. The van der Waals surface area contributed by atoms with Crippen molar-refractivity contribution in [1.29, 1.82) is 0 Å². The van der Waals surface area contributed by atoms with Crippen LogP contribution in [0.2, 0.25) is 10.0 Å². The summed E-state index contributed by atoms with van der Waals surface area (Å²) in [5.41, 5.74) is 3.70. The second-order valence-electron chi connectivity index (χ2n) is 6.56. The largest absolute Gasteiger partial charge is 0.305 e. The number of halogens is 2. The molecule has 0 atom stereocenters. The number of hydrogen-bond acceptors (Lipinski definition) is 5. The molecule has 138 valence electrons. The third-order valence-electron chi connectivity index (χ3n) is 4.60. The summed E-state index contributed by atoms with van der Waals surface area (Å²) < 4.78 is 0. The van der Waals surface area contributed by atoms with Gasteiger partial charge in [0.2, 0.25) is 0 Å². The zero-order valence-corrected chi connectivity index (χ0v) is 16.2. The third-order valence-corrected chi connectivity index (χ3v) is 5.46. The van der Waals surface area contributed by atoms with E-state index in [1.165, 1.54) is 0 Å². The minimum Gasteiger partial charge on any atom is -0.305 e. The molecule has 2 aromatic heterocycles. The molecule has 1 aromatic carbocycles. The first kappa shape index (κ1) is 18.1. The molecule has 0 amide bonds. The number of aromatic amines is 1. The lowest BCUT2D eigenvalue weighted by Crippen LogP contribution is -2.35. The molecule has 0 spiro atoms. The van der Waals surface area contributed by atoms with Gasteiger partial charge in [-0.15, -0.1) is 0 Å². The molecule has 1 aliphatic rings. The van der Waals surface area contributed by atoms with Crippen LogP contribution in [-0.4, -0.2) is 31.4 Å². The second kappa shape index (κ2) is 7.38. The van der Waals surface area contributed by atoms with Crippen LogP contribution in [0, 0.1) is 6.92 Å². The highest BCUT2D eigenvalue weighted by Crippen LogP contribution is 2.28. The van der Waals surface area contributed by atoms with Gasteiger partial charge in [0.05, 0.1) is 27.6 Å². The Balaban J connectivity index is 1.62. The first-order valence-electron chi connectivity index (χ1n) is 8.57. The summed E-state index contributed by atoms with van der Waals surface area (Å²) in [5, 5.41) is 1.11. The van der Waals surface area contributed by atoms with Gasteiger partial charge in [0.15, 0.2) is 5.82 Å². The van der Waals surface area contributed by atoms with E-state index in [0.717, 1.165) is 29.1 Å². The molecule has 0 unspecified atom stereocenters. The third kappa shape index (κ3) is 3.74. The van der Waals surface area contributed by atoms with Crippen LogP contribution < -0.4 is 5.56 Å². The van der Waals surface area contributed by atoms with Gasteiger partial charge in [0, 0.05) is 31.4 Å². The Bertz CT molecular complexity index is 1050. The van der Waals surface area contributed by atoms with E-state index >= 15 is 0 Å². The van der Waals surface area contributed by atoms with Crippen molar-refractivity contribution in [3.8, 4) is 11.5 Å². The molecule has 0 saturated carbocycles. The maximum atomic E-state index is 12.5. The molecular weight excluding hydrogens is 385 g/mol. The Morgan fingerprint density at radius 2 is 2.07 bits per heavy atom. The Labute approximate surface area is 166 Å². The lowest BCUT2D eigenvalue weighted by molar-refractivity contribution is 0.240. The molecule has 3 heterocycles. The lowest BCUT2D eigenvalue weighted by atomic mass is 10.1. The summed E-state index contributed by atoms with van der Waals surface area (Å²) in [5.74, 6) is 0.439. The fourth-order valence-electron chi connectivity index (χ4n) is 3.18. The zero-order chi connectivity index (χ0) is 19.0. The van der Waals surface area contributed by atoms with Crippen molar-refractivity contribution in [2.24, 2.45) is 0 Å². The Morgan fingerprint density at radius 3 is 2.85 bits per heavy atom. The molecular formula is C19H17Cl2N5O. The molecule has 1 aliphatic heterocycles. The maximum Gasteiger partial charge on any atom is 0.254 e. The maximum absolute atomic E-state index is 12.5. The number of aryl methyl sites for hydroxylation is 1. The van der Waals surface area contributed by atoms with E-state index in [1.54, 1.807) is 18.5 Å². The van der Waals surface area contributed by atoms with Crippen molar-refractivity contribution in [3.05, 3.63) is 73.5 Å². The normalized spacial score (nSPS) is 14.2. The summed E-state index contributed by atoms with van der Waals surface area (Å²) >= 11 is 12.4. The number of aromatic nitrogens is 4. The highest BCUT2D eigenvalue weighted by molar-refractivity contribution is 6.42. The average Bonchev–Trinajstić information content (AvgIpc) is 2.66. The molecule has 0 fully saturated rings. The van der Waals surface area contributed by atoms with E-state index in [-0.39, 0.29) is 5.56 Å². The first-order chi connectivity index (χ1) is 13.0. The van der Waals surface area contributed by atoms with Crippen molar-refractivity contribution in [2.45, 2.75) is 26.4 Å². The molecule has 8 heteroatoms. The van der Waals surface area contributed by atoms with Gasteiger partial charge in [-0.1, -0.05) is 35.3 Å². The standard InChI is InChI=1S/C19H17Cl2N5O/c1-11-7-23-15(8-22-11)18-24-16-10-26(6-5-13(16)19(27)25-18)9-12-3-2-4-14(20)17(12)21/h2-4,7-8H,5-6,9-10H2,1H3,(H,24,25,27). The summed E-state index contributed by atoms with van der Waals surface area (Å²) in [6, 6.07) is 5.62. The van der Waals surface area contributed by atoms with Crippen LogP contribution in [-0.2, 0) is 19.5 Å². The van der Waals surface area contributed by atoms with Gasteiger partial charge in [-0.2, -0.15) is 0 Å². The number of hydrogen-bond donors (Lipinski definition) is 1. The number of H-pyrrole nitrogens is 1. The molecule has 0 radical (unpaired) electrons. The molecule has 4 rings (SSSR count). The number of nitrogens with one attached hydrogen (secondary N) is 1. The minimum atomic E-state index is -0.113. The van der Waals surface area contributed by atoms with E-state index in [2.05, 4.69) is 24.8 Å². The van der Waals surface area contributed by atoms with Crippen LogP contribution in [0.25, 0.3) is 11.5 Å². The number of benzene rings is 1. The van der Waals surface area contributed by atoms with Crippen molar-refractivity contribution >= 4 is 23.2 Å². The van der Waals surface area contributed by atoms with Gasteiger partial charge < -0.3 is 4.98 Å². The van der Waals surface area contributed by atoms with Gasteiger partial charge in [-0.05, 0) is 25.0 Å². The van der Waals surface area contributed by atoms with Crippen molar-refractivity contribution < 1.29 is 0 Å². The summed E-state index contributed by atoms with van der Waals surface area (Å²) in [6.45, 7) is 3.82. The van der Waals surface area contributed by atoms with Gasteiger partial charge in [-0.25, -0.2) is 9.97 Å². The summed E-state index contributed by atoms with van der Waals surface area (Å²) in [4.78, 5) is 30.7. The number of rotatable bonds is 3. The van der Waals surface area contributed by atoms with Crippen LogP contribution >= 0.6 is 23.2 Å². The van der Waals surface area contributed by atoms with Gasteiger partial charge in [0.25, 0.3) is 5.56 Å². The second-order valence-corrected chi connectivity index (χ2v) is 7.34. The van der Waals surface area contributed by atoms with Crippen LogP contribution in [0.1, 0.15) is 22.5 Å². The topological polar surface area (TPSA) is 74.8 Å². The van der Waals surface area contributed by atoms with Gasteiger partial charge in [0.1, 0.15) is 5.69 Å². The van der Waals surface area contributed by atoms with Gasteiger partial charge >= 0.3 is 0 Å². The summed E-state index contributed by atoms with van der Waals surface area (Å²) in [6.07, 6.45) is 3.91. The zero-order valence-electron chi connectivity index (χ0n) is 14.7. The summed E-state index contributed by atoms with van der Waals surface area (Å²) in [7, 11) is 0. The molecule has 3 aromatic rings. The molecule has 0 saturated heterocycles. The Morgan fingerprint density at radius 1 is 1.22 bits per heavy atom. The Hall–Kier alpha value is -2.28. The van der Waals surface area contributed by atoms with Crippen molar-refractivity contribution in [1.82, 2.24) is 24.8 Å². The predicted octanol–water partition coefficient (Wildman–Crippen LogP) is 3.40. The monoisotopic (exact) mass is 401 g/mol. The first-order valence-corrected chi connectivity index (χ1v) is 9.33. The molecule has 0 bridgehead atoms. The van der Waals surface area contributed by atoms with Gasteiger partial charge in [-0.3, -0.25) is 14.7 Å². The quantitative estimate of drug-likeness (QED) is 0.727. The highest BCUT2D eigenvalue weighted by atomic mass is 35.5. The Kier molecular flexibility index (Phi) is 4.95. The van der Waals surface area contributed by atoms with E-state index in [0.29, 0.717) is 41.1 Å². The van der Waals surface area contributed by atoms with Crippen molar-refractivity contribution in [2.75, 3.05) is 6.54 Å². The molecule has 0 aliphatic carbocycles. The van der Waals surface area contributed by atoms with Crippen LogP contribution in [0.4, 0.5) is 0 Å². The molecule has 6 nitrogen and oxygen atoms in total. The number of nitrogens with zero attached hydrogens (tertiary/aromatic N) is 4. The van der Waals surface area contributed by atoms with Crippen LogP contribution in [0.5, 0.6) is 0 Å². The van der Waals surface area contributed by atoms with Crippen molar-refractivity contribution in [3.63, 3.8) is 0 Å². The highest BCUT2D eigenvalue weighted by Gasteiger charge is 2.22. The molecule has 1 N–H and O–H groups in total. The minimum absolute atomic E-state index is 0.113.